The van der Waals surface area contributed by atoms with Crippen LogP contribution in [0.4, 0.5) is 0 Å². The molecule has 0 fully saturated rings. The molecule has 0 spiro atoms. The minimum Gasteiger partial charge on any atom is -0.268 e. The molecule has 0 atom stereocenters. The lowest BCUT2D eigenvalue weighted by Crippen LogP contribution is -2.18. The van der Waals surface area contributed by atoms with E-state index in [1.165, 1.54) is 0 Å². The van der Waals surface area contributed by atoms with E-state index < -0.39 is 0 Å². The Morgan fingerprint density at radius 3 is 2.15 bits per heavy atom. The summed E-state index contributed by atoms with van der Waals surface area (Å²) in [5.74, 6) is 0. The second-order valence-electron chi connectivity index (χ2n) is 7.88. The number of aromatic nitrogens is 2. The summed E-state index contributed by atoms with van der Waals surface area (Å²) in [5.41, 5.74) is 4.86. The van der Waals surface area contributed by atoms with Crippen LogP contribution in [0.25, 0.3) is 49.7 Å². The molecule has 6 aromatic rings. The number of fused-ring (bicyclic) bond motifs is 4. The van der Waals surface area contributed by atoms with Crippen molar-refractivity contribution in [2.24, 2.45) is 0 Å². The lowest BCUT2D eigenvalue weighted by atomic mass is 9.93. The largest absolute Gasteiger partial charge is 0.268 e. The zero-order valence-corrected chi connectivity index (χ0v) is 19.6. The number of hydrogen-bond donors (Lipinski definition) is 0. The minimum atomic E-state index is -0.140. The Balaban J connectivity index is 1.96. The minimum absolute atomic E-state index is 0.140. The molecule has 5 heteroatoms. The molecule has 0 bridgehead atoms. The van der Waals surface area contributed by atoms with Gasteiger partial charge >= 0.3 is 0 Å². The second-order valence-corrected chi connectivity index (χ2v) is 9.24. The average molecular weight is 512 g/mol. The molecule has 2 aromatic heterocycles. The van der Waals surface area contributed by atoms with Crippen LogP contribution in [0.3, 0.4) is 0 Å². The summed E-state index contributed by atoms with van der Waals surface area (Å²) < 4.78 is 2.71. The highest BCUT2D eigenvalue weighted by atomic mass is 79.9. The van der Waals surface area contributed by atoms with Crippen molar-refractivity contribution in [1.82, 2.24) is 9.38 Å². The number of hydrogen-bond acceptors (Lipinski definition) is 2. The van der Waals surface area contributed by atoms with Crippen LogP contribution < -0.4 is 5.56 Å². The van der Waals surface area contributed by atoms with Crippen LogP contribution in [-0.4, -0.2) is 9.38 Å². The zero-order chi connectivity index (χ0) is 22.5. The third-order valence-corrected chi connectivity index (χ3v) is 6.62. The van der Waals surface area contributed by atoms with Crippen molar-refractivity contribution >= 4 is 54.9 Å². The third-order valence-electron chi connectivity index (χ3n) is 5.89. The van der Waals surface area contributed by atoms with Crippen LogP contribution in [0, 0.1) is 0 Å². The van der Waals surface area contributed by atoms with Crippen molar-refractivity contribution in [2.45, 2.75) is 0 Å². The van der Waals surface area contributed by atoms with Crippen LogP contribution >= 0.6 is 27.5 Å². The molecule has 0 radical (unpaired) electrons. The normalized spacial score (nSPS) is 11.5. The van der Waals surface area contributed by atoms with Crippen molar-refractivity contribution in [2.75, 3.05) is 0 Å². The van der Waals surface area contributed by atoms with Crippen molar-refractivity contribution in [3.63, 3.8) is 0 Å². The molecule has 0 aliphatic rings. The first-order valence-corrected chi connectivity index (χ1v) is 11.7. The van der Waals surface area contributed by atoms with Crippen LogP contribution in [-0.2, 0) is 0 Å². The zero-order valence-electron chi connectivity index (χ0n) is 17.3. The van der Waals surface area contributed by atoms with Gasteiger partial charge in [0.15, 0.2) is 0 Å². The molecule has 158 valence electrons. The molecule has 0 amide bonds. The fourth-order valence-electron chi connectivity index (χ4n) is 4.47. The van der Waals surface area contributed by atoms with E-state index in [4.69, 9.17) is 16.6 Å². The predicted molar refractivity (Wildman–Crippen MR) is 140 cm³/mol. The first-order chi connectivity index (χ1) is 16.1. The van der Waals surface area contributed by atoms with E-state index in [9.17, 15) is 4.79 Å². The van der Waals surface area contributed by atoms with Crippen LogP contribution in [0.5, 0.6) is 0 Å². The maximum atomic E-state index is 14.0. The Morgan fingerprint density at radius 2 is 1.42 bits per heavy atom. The molecule has 0 unspecified atom stereocenters. The summed E-state index contributed by atoms with van der Waals surface area (Å²) in [5, 5.41) is 2.93. The Hall–Kier alpha value is -3.47. The van der Waals surface area contributed by atoms with Gasteiger partial charge in [-0.2, -0.15) is 0 Å². The monoisotopic (exact) mass is 510 g/mol. The molecule has 2 heterocycles. The summed E-state index contributed by atoms with van der Waals surface area (Å²) in [6, 6.07) is 31.5. The van der Waals surface area contributed by atoms with Gasteiger partial charge < -0.3 is 0 Å². The molecule has 0 aliphatic carbocycles. The topological polar surface area (TPSA) is 34.4 Å². The van der Waals surface area contributed by atoms with Crippen molar-refractivity contribution in [3.05, 3.63) is 117 Å². The van der Waals surface area contributed by atoms with Crippen molar-refractivity contribution in [3.8, 4) is 22.4 Å². The smallest absolute Gasteiger partial charge is 0.266 e. The highest BCUT2D eigenvalue weighted by Crippen LogP contribution is 2.40. The number of nitrogens with zero attached hydrogens (tertiary/aromatic N) is 2. The Labute approximate surface area is 203 Å². The molecular weight excluding hydrogens is 496 g/mol. The van der Waals surface area contributed by atoms with E-state index in [0.29, 0.717) is 21.6 Å². The summed E-state index contributed by atoms with van der Waals surface area (Å²) in [6.45, 7) is 0. The van der Waals surface area contributed by atoms with E-state index in [0.717, 1.165) is 37.6 Å². The quantitative estimate of drug-likeness (QED) is 0.176. The van der Waals surface area contributed by atoms with Gasteiger partial charge in [-0.3, -0.25) is 9.20 Å². The molecule has 6 rings (SSSR count). The number of pyridine rings is 1. The van der Waals surface area contributed by atoms with Crippen molar-refractivity contribution < 1.29 is 0 Å². The molecular formula is C28H16BrClN2O. The molecule has 0 saturated carbocycles. The highest BCUT2D eigenvalue weighted by molar-refractivity contribution is 9.10. The molecule has 33 heavy (non-hydrogen) atoms. The first-order valence-electron chi connectivity index (χ1n) is 10.5. The summed E-state index contributed by atoms with van der Waals surface area (Å²) >= 11 is 9.90. The van der Waals surface area contributed by atoms with Gasteiger partial charge in [0.1, 0.15) is 5.65 Å². The molecule has 3 nitrogen and oxygen atoms in total. The van der Waals surface area contributed by atoms with Gasteiger partial charge in [-0.15, -0.1) is 0 Å². The van der Waals surface area contributed by atoms with E-state index >= 15 is 0 Å². The molecule has 4 aromatic carbocycles. The second kappa shape index (κ2) is 7.84. The molecule has 0 N–H and O–H groups in total. The van der Waals surface area contributed by atoms with E-state index in [1.54, 1.807) is 22.6 Å². The van der Waals surface area contributed by atoms with Gasteiger partial charge in [-0.05, 0) is 52.9 Å². The molecule has 0 saturated heterocycles. The lowest BCUT2D eigenvalue weighted by molar-refractivity contribution is 1.10. The lowest BCUT2D eigenvalue weighted by Gasteiger charge is -2.19. The summed E-state index contributed by atoms with van der Waals surface area (Å²) in [6.07, 6.45) is 0. The van der Waals surface area contributed by atoms with E-state index in [-0.39, 0.29) is 5.56 Å². The number of benzene rings is 4. The predicted octanol–water partition coefficient (Wildman–Crippen LogP) is 7.75. The Kier molecular flexibility index (Phi) is 4.79. The number of rotatable bonds is 2. The van der Waals surface area contributed by atoms with Crippen LogP contribution in [0.2, 0.25) is 5.02 Å². The Morgan fingerprint density at radius 1 is 0.727 bits per heavy atom. The first kappa shape index (κ1) is 20.2. The maximum Gasteiger partial charge on any atom is 0.266 e. The maximum absolute atomic E-state index is 14.0. The van der Waals surface area contributed by atoms with Gasteiger partial charge in [0.2, 0.25) is 0 Å². The SMILES string of the molecule is O=c1c2cc(Cl)ccc2nc2c3ccc(Br)cc3c(-c3ccccc3)c(-c3ccccc3)n12. The Bertz CT molecular complexity index is 1750. The van der Waals surface area contributed by atoms with Crippen molar-refractivity contribution in [1.29, 1.82) is 0 Å². The van der Waals surface area contributed by atoms with Gasteiger partial charge in [0.05, 0.1) is 16.6 Å². The highest BCUT2D eigenvalue weighted by Gasteiger charge is 2.21. The van der Waals surface area contributed by atoms with Gasteiger partial charge in [-0.1, -0.05) is 88.2 Å². The standard InChI is InChI=1S/C28H16BrClN2O/c29-19-11-13-21-22(15-19)25(17-7-3-1-4-8-17)26(18-9-5-2-6-10-18)32-27(21)31-24-14-12-20(30)16-23(24)28(32)33/h1-16H. The van der Waals surface area contributed by atoms with Gasteiger partial charge in [-0.25, -0.2) is 4.98 Å². The average Bonchev–Trinajstić information content (AvgIpc) is 2.85. The van der Waals surface area contributed by atoms with E-state index in [1.807, 2.05) is 60.7 Å². The van der Waals surface area contributed by atoms with Gasteiger partial charge in [0, 0.05) is 20.4 Å². The van der Waals surface area contributed by atoms with Crippen LogP contribution in [0.15, 0.2) is 106 Å². The van der Waals surface area contributed by atoms with Crippen LogP contribution in [0.1, 0.15) is 0 Å². The van der Waals surface area contributed by atoms with E-state index in [2.05, 4.69) is 34.1 Å². The number of halogens is 2. The summed E-state index contributed by atoms with van der Waals surface area (Å²) in [7, 11) is 0. The van der Waals surface area contributed by atoms with Gasteiger partial charge in [0.25, 0.3) is 5.56 Å². The molecule has 0 aliphatic heterocycles. The summed E-state index contributed by atoms with van der Waals surface area (Å²) in [4.78, 5) is 18.9. The fraction of sp³-hybridized carbons (Fsp3) is 0. The third kappa shape index (κ3) is 3.26. The fourth-order valence-corrected chi connectivity index (χ4v) is 5.00.